The summed E-state index contributed by atoms with van der Waals surface area (Å²) in [5.41, 5.74) is 1.15. The normalized spacial score (nSPS) is 16.7. The van der Waals surface area contributed by atoms with E-state index in [0.717, 1.165) is 16.7 Å². The van der Waals surface area contributed by atoms with Crippen LogP contribution in [0.1, 0.15) is 18.1 Å². The van der Waals surface area contributed by atoms with Gasteiger partial charge in [0.15, 0.2) is 11.5 Å². The molecule has 1 atom stereocenters. The van der Waals surface area contributed by atoms with Gasteiger partial charge in [-0.3, -0.25) is 14.5 Å². The van der Waals surface area contributed by atoms with Crippen LogP contribution in [0.4, 0.5) is 4.79 Å². The standard InChI is InChI=1S/C18H19NO6S/c1-5-6-12-7-11(8-13(24-3)15(12)20)9-14-16(21)19(18(23)26-14)10(2)17(22)25-4/h5,7-10,20H,1,6H2,2-4H3. The highest BCUT2D eigenvalue weighted by molar-refractivity contribution is 8.18. The number of allylic oxidation sites excluding steroid dienone is 1. The van der Waals surface area contributed by atoms with Crippen LogP contribution in [0.2, 0.25) is 0 Å². The number of imide groups is 1. The van der Waals surface area contributed by atoms with Crippen LogP contribution >= 0.6 is 11.8 Å². The number of methoxy groups -OCH3 is 2. The molecule has 0 aliphatic carbocycles. The van der Waals surface area contributed by atoms with Crippen LogP contribution in [0.15, 0.2) is 29.7 Å². The molecule has 1 aromatic rings. The van der Waals surface area contributed by atoms with Crippen LogP contribution in [0, 0.1) is 0 Å². The van der Waals surface area contributed by atoms with Crippen LogP contribution < -0.4 is 4.74 Å². The van der Waals surface area contributed by atoms with Crippen LogP contribution in [0.25, 0.3) is 6.08 Å². The number of carbonyl (C=O) groups excluding carboxylic acids is 3. The summed E-state index contributed by atoms with van der Waals surface area (Å²) in [6.45, 7) is 5.07. The molecule has 1 unspecified atom stereocenters. The summed E-state index contributed by atoms with van der Waals surface area (Å²) in [4.78, 5) is 37.3. The van der Waals surface area contributed by atoms with Crippen LogP contribution in [0.3, 0.4) is 0 Å². The van der Waals surface area contributed by atoms with E-state index in [1.807, 2.05) is 0 Å². The van der Waals surface area contributed by atoms with Gasteiger partial charge in [0.1, 0.15) is 6.04 Å². The Kier molecular flexibility index (Phi) is 6.10. The predicted molar refractivity (Wildman–Crippen MR) is 97.8 cm³/mol. The number of hydrogen-bond donors (Lipinski definition) is 1. The number of thioether (sulfide) groups is 1. The largest absolute Gasteiger partial charge is 0.504 e. The van der Waals surface area contributed by atoms with Gasteiger partial charge in [0.25, 0.3) is 11.1 Å². The van der Waals surface area contributed by atoms with E-state index in [0.29, 0.717) is 17.5 Å². The van der Waals surface area contributed by atoms with Gasteiger partial charge >= 0.3 is 5.97 Å². The van der Waals surface area contributed by atoms with Crippen LogP contribution in [-0.4, -0.2) is 47.4 Å². The first-order valence-electron chi connectivity index (χ1n) is 7.69. The Morgan fingerprint density at radius 2 is 2.08 bits per heavy atom. The zero-order chi connectivity index (χ0) is 19.4. The van der Waals surface area contributed by atoms with Crippen LogP contribution in [-0.2, 0) is 20.7 Å². The molecule has 1 aromatic carbocycles. The van der Waals surface area contributed by atoms with Crippen molar-refractivity contribution in [3.63, 3.8) is 0 Å². The molecular formula is C18H19NO6S. The Balaban J connectivity index is 2.40. The lowest BCUT2D eigenvalue weighted by molar-refractivity contribution is -0.148. The second-order valence-corrected chi connectivity index (χ2v) is 6.47. The molecule has 0 aromatic heterocycles. The summed E-state index contributed by atoms with van der Waals surface area (Å²) in [5, 5.41) is 9.58. The molecule has 1 saturated heterocycles. The van der Waals surface area contributed by atoms with Crippen molar-refractivity contribution in [2.24, 2.45) is 0 Å². The third-order valence-electron chi connectivity index (χ3n) is 3.81. The first-order chi connectivity index (χ1) is 12.3. The third kappa shape index (κ3) is 3.75. The number of carbonyl (C=O) groups is 3. The Morgan fingerprint density at radius 3 is 2.65 bits per heavy atom. The summed E-state index contributed by atoms with van der Waals surface area (Å²) in [5.74, 6) is -1.00. The number of phenolic OH excluding ortho intramolecular Hbond substituents is 1. The van der Waals surface area contributed by atoms with Gasteiger partial charge < -0.3 is 14.6 Å². The minimum Gasteiger partial charge on any atom is -0.504 e. The molecule has 2 rings (SSSR count). The Labute approximate surface area is 155 Å². The molecule has 8 heteroatoms. The van der Waals surface area contributed by atoms with E-state index >= 15 is 0 Å². The quantitative estimate of drug-likeness (QED) is 0.463. The van der Waals surface area contributed by atoms with Gasteiger partial charge in [-0.15, -0.1) is 6.58 Å². The summed E-state index contributed by atoms with van der Waals surface area (Å²) >= 11 is 0.737. The summed E-state index contributed by atoms with van der Waals surface area (Å²) in [6.07, 6.45) is 3.55. The lowest BCUT2D eigenvalue weighted by Crippen LogP contribution is -2.42. The molecule has 1 heterocycles. The van der Waals surface area contributed by atoms with Crippen molar-refractivity contribution >= 4 is 35.0 Å². The molecule has 0 bridgehead atoms. The molecule has 1 N–H and O–H groups in total. The van der Waals surface area contributed by atoms with Crippen LogP contribution in [0.5, 0.6) is 11.5 Å². The Morgan fingerprint density at radius 1 is 1.38 bits per heavy atom. The molecule has 0 spiro atoms. The maximum atomic E-state index is 12.5. The van der Waals surface area contributed by atoms with E-state index in [1.165, 1.54) is 27.2 Å². The zero-order valence-electron chi connectivity index (χ0n) is 14.6. The maximum absolute atomic E-state index is 12.5. The molecule has 0 saturated carbocycles. The number of esters is 1. The predicted octanol–water partition coefficient (Wildman–Crippen LogP) is 2.73. The van der Waals surface area contributed by atoms with Gasteiger partial charge in [0.2, 0.25) is 0 Å². The fourth-order valence-corrected chi connectivity index (χ4v) is 3.39. The zero-order valence-corrected chi connectivity index (χ0v) is 15.5. The minimum absolute atomic E-state index is 0.00281. The maximum Gasteiger partial charge on any atom is 0.328 e. The molecule has 1 aliphatic heterocycles. The van der Waals surface area contributed by atoms with Gasteiger partial charge in [-0.05, 0) is 48.9 Å². The van der Waals surface area contributed by atoms with Crippen molar-refractivity contribution in [2.75, 3.05) is 14.2 Å². The Bertz CT molecular complexity index is 801. The van der Waals surface area contributed by atoms with Crippen molar-refractivity contribution in [1.82, 2.24) is 4.90 Å². The van der Waals surface area contributed by atoms with E-state index in [1.54, 1.807) is 18.2 Å². The summed E-state index contributed by atoms with van der Waals surface area (Å²) in [7, 11) is 2.61. The molecule has 0 radical (unpaired) electrons. The number of benzene rings is 1. The van der Waals surface area contributed by atoms with Crippen molar-refractivity contribution in [1.29, 1.82) is 0 Å². The fraction of sp³-hybridized carbons (Fsp3) is 0.278. The SMILES string of the molecule is C=CCc1cc(C=C2SC(=O)N(C(C)C(=O)OC)C2=O)cc(OC)c1O. The number of nitrogens with zero attached hydrogens (tertiary/aromatic N) is 1. The number of ether oxygens (including phenoxy) is 2. The molecule has 2 amide bonds. The smallest absolute Gasteiger partial charge is 0.328 e. The highest BCUT2D eigenvalue weighted by Crippen LogP contribution is 2.37. The third-order valence-corrected chi connectivity index (χ3v) is 4.69. The highest BCUT2D eigenvalue weighted by atomic mass is 32.2. The van der Waals surface area contributed by atoms with Gasteiger partial charge in [-0.25, -0.2) is 4.79 Å². The van der Waals surface area contributed by atoms with Crippen molar-refractivity contribution in [3.05, 3.63) is 40.8 Å². The first-order valence-corrected chi connectivity index (χ1v) is 8.51. The first kappa shape index (κ1) is 19.6. The number of amides is 2. The van der Waals surface area contributed by atoms with E-state index in [4.69, 9.17) is 4.74 Å². The second-order valence-electron chi connectivity index (χ2n) is 5.47. The fourth-order valence-electron chi connectivity index (χ4n) is 2.48. The van der Waals surface area contributed by atoms with E-state index < -0.39 is 23.2 Å². The summed E-state index contributed by atoms with van der Waals surface area (Å²) in [6, 6.07) is 2.22. The number of phenols is 1. The molecular weight excluding hydrogens is 358 g/mol. The van der Waals surface area contributed by atoms with Crippen molar-refractivity contribution < 1.29 is 29.0 Å². The average molecular weight is 377 g/mol. The van der Waals surface area contributed by atoms with E-state index in [9.17, 15) is 19.5 Å². The number of rotatable bonds is 6. The molecule has 1 aliphatic rings. The monoisotopic (exact) mass is 377 g/mol. The lowest BCUT2D eigenvalue weighted by atomic mass is 10.1. The van der Waals surface area contributed by atoms with Gasteiger partial charge in [-0.2, -0.15) is 0 Å². The van der Waals surface area contributed by atoms with E-state index in [2.05, 4.69) is 11.3 Å². The highest BCUT2D eigenvalue weighted by Gasteiger charge is 2.41. The van der Waals surface area contributed by atoms with Gasteiger partial charge in [0, 0.05) is 5.56 Å². The molecule has 26 heavy (non-hydrogen) atoms. The van der Waals surface area contributed by atoms with Gasteiger partial charge in [-0.1, -0.05) is 6.08 Å². The molecule has 7 nitrogen and oxygen atoms in total. The van der Waals surface area contributed by atoms with Crippen molar-refractivity contribution in [3.8, 4) is 11.5 Å². The summed E-state index contributed by atoms with van der Waals surface area (Å²) < 4.78 is 9.74. The second kappa shape index (κ2) is 8.09. The number of aromatic hydroxyl groups is 1. The number of hydrogen-bond acceptors (Lipinski definition) is 7. The minimum atomic E-state index is -1.01. The Hall–Kier alpha value is -2.74. The average Bonchev–Trinajstić information content (AvgIpc) is 2.89. The topological polar surface area (TPSA) is 93.1 Å². The van der Waals surface area contributed by atoms with E-state index in [-0.39, 0.29) is 16.4 Å². The molecule has 138 valence electrons. The lowest BCUT2D eigenvalue weighted by Gasteiger charge is -2.18. The van der Waals surface area contributed by atoms with Crippen molar-refractivity contribution in [2.45, 2.75) is 19.4 Å². The molecule has 1 fully saturated rings. The van der Waals surface area contributed by atoms with Gasteiger partial charge in [0.05, 0.1) is 19.1 Å².